The molecule has 1 aromatic carbocycles. The van der Waals surface area contributed by atoms with Crippen molar-refractivity contribution in [1.29, 1.82) is 0 Å². The van der Waals surface area contributed by atoms with Crippen LogP contribution in [0.3, 0.4) is 0 Å². The van der Waals surface area contributed by atoms with Gasteiger partial charge in [-0.3, -0.25) is 0 Å². The Balaban J connectivity index is 2.85. The molecule has 106 valence electrons. The van der Waals surface area contributed by atoms with Gasteiger partial charge in [0.15, 0.2) is 0 Å². The van der Waals surface area contributed by atoms with E-state index in [0.717, 1.165) is 6.42 Å². The van der Waals surface area contributed by atoms with Gasteiger partial charge in [0, 0.05) is 6.04 Å². The third kappa shape index (κ3) is 5.00. The summed E-state index contributed by atoms with van der Waals surface area (Å²) in [6.07, 6.45) is 0.724. The Morgan fingerprint density at radius 3 is 2.68 bits per heavy atom. The minimum Gasteiger partial charge on any atom is -0.465 e. The molecule has 0 fully saturated rings. The number of ether oxygens (including phenoxy) is 1. The van der Waals surface area contributed by atoms with Gasteiger partial charge in [-0.05, 0) is 31.0 Å². The fourth-order valence-corrected chi connectivity index (χ4v) is 3.04. The van der Waals surface area contributed by atoms with Gasteiger partial charge >= 0.3 is 5.97 Å². The monoisotopic (exact) mass is 285 g/mol. The van der Waals surface area contributed by atoms with Crippen molar-refractivity contribution in [3.63, 3.8) is 0 Å². The molecule has 19 heavy (non-hydrogen) atoms. The van der Waals surface area contributed by atoms with Crippen molar-refractivity contribution in [3.05, 3.63) is 35.4 Å². The number of rotatable bonds is 6. The standard InChI is InChI=1S/C13H19NO4S/c1-4-10(2)14-19(16,17)9-11-6-5-7-12(8-11)13(15)18-3/h5-8,10,14H,4,9H2,1-3H3. The van der Waals surface area contributed by atoms with Gasteiger partial charge < -0.3 is 4.74 Å². The fraction of sp³-hybridized carbons (Fsp3) is 0.462. The summed E-state index contributed by atoms with van der Waals surface area (Å²) in [5, 5.41) is 0. The first-order valence-corrected chi connectivity index (χ1v) is 7.70. The first kappa shape index (κ1) is 15.7. The zero-order chi connectivity index (χ0) is 14.5. The average Bonchev–Trinajstić information content (AvgIpc) is 2.36. The minimum absolute atomic E-state index is 0.103. The highest BCUT2D eigenvalue weighted by Gasteiger charge is 2.15. The van der Waals surface area contributed by atoms with Gasteiger partial charge in [0.05, 0.1) is 18.4 Å². The molecule has 0 aliphatic carbocycles. The number of hydrogen-bond acceptors (Lipinski definition) is 4. The Hall–Kier alpha value is -1.40. The Morgan fingerprint density at radius 1 is 1.42 bits per heavy atom. The van der Waals surface area contributed by atoms with Gasteiger partial charge in [-0.1, -0.05) is 19.1 Å². The summed E-state index contributed by atoms with van der Waals surface area (Å²) in [5.74, 6) is -0.628. The quantitative estimate of drug-likeness (QED) is 0.807. The van der Waals surface area contributed by atoms with E-state index in [1.807, 2.05) is 13.8 Å². The first-order valence-electron chi connectivity index (χ1n) is 6.05. The van der Waals surface area contributed by atoms with Crippen LogP contribution >= 0.6 is 0 Å². The van der Waals surface area contributed by atoms with Gasteiger partial charge in [0.25, 0.3) is 0 Å². The number of benzene rings is 1. The number of carbonyl (C=O) groups is 1. The molecule has 6 heteroatoms. The number of hydrogen-bond donors (Lipinski definition) is 1. The molecule has 0 aliphatic rings. The topological polar surface area (TPSA) is 72.5 Å². The second kappa shape index (κ2) is 6.68. The summed E-state index contributed by atoms with van der Waals surface area (Å²) < 4.78 is 31.0. The van der Waals surface area contributed by atoms with Gasteiger partial charge in [-0.2, -0.15) is 0 Å². The third-order valence-corrected chi connectivity index (χ3v) is 4.17. The summed E-state index contributed by atoms with van der Waals surface area (Å²) in [7, 11) is -2.11. The van der Waals surface area contributed by atoms with Crippen LogP contribution in [0.2, 0.25) is 0 Å². The number of esters is 1. The van der Waals surface area contributed by atoms with Crippen LogP contribution in [0.5, 0.6) is 0 Å². The predicted octanol–water partition coefficient (Wildman–Crippen LogP) is 1.69. The number of methoxy groups -OCH3 is 1. The molecule has 1 rings (SSSR count). The molecule has 0 radical (unpaired) electrons. The maximum Gasteiger partial charge on any atom is 0.337 e. The van der Waals surface area contributed by atoms with E-state index in [1.165, 1.54) is 13.2 Å². The fourth-order valence-electron chi connectivity index (χ4n) is 1.56. The lowest BCUT2D eigenvalue weighted by molar-refractivity contribution is 0.0600. The molecule has 1 aromatic rings. The Kier molecular flexibility index (Phi) is 5.50. The van der Waals surface area contributed by atoms with Crippen LogP contribution in [0.1, 0.15) is 36.2 Å². The van der Waals surface area contributed by atoms with Crippen molar-refractivity contribution in [2.45, 2.75) is 32.1 Å². The van der Waals surface area contributed by atoms with E-state index in [1.54, 1.807) is 18.2 Å². The molecule has 1 atom stereocenters. The Labute approximate surface area is 114 Å². The van der Waals surface area contributed by atoms with Crippen molar-refractivity contribution in [2.75, 3.05) is 7.11 Å². The zero-order valence-corrected chi connectivity index (χ0v) is 12.2. The van der Waals surface area contributed by atoms with E-state index in [9.17, 15) is 13.2 Å². The molecule has 0 amide bonds. The maximum atomic E-state index is 11.9. The van der Waals surface area contributed by atoms with E-state index >= 15 is 0 Å². The van der Waals surface area contributed by atoms with Crippen LogP contribution in [0.25, 0.3) is 0 Å². The zero-order valence-electron chi connectivity index (χ0n) is 11.3. The molecule has 5 nitrogen and oxygen atoms in total. The van der Waals surface area contributed by atoms with Crippen molar-refractivity contribution < 1.29 is 17.9 Å². The first-order chi connectivity index (χ1) is 8.88. The largest absolute Gasteiger partial charge is 0.465 e. The van der Waals surface area contributed by atoms with Crippen molar-refractivity contribution in [3.8, 4) is 0 Å². The normalized spacial score (nSPS) is 13.0. The average molecular weight is 285 g/mol. The molecule has 0 aromatic heterocycles. The number of carbonyl (C=O) groups excluding carboxylic acids is 1. The number of nitrogens with one attached hydrogen (secondary N) is 1. The summed E-state index contributed by atoms with van der Waals surface area (Å²) in [6, 6.07) is 6.32. The van der Waals surface area contributed by atoms with Crippen molar-refractivity contribution in [2.24, 2.45) is 0 Å². The predicted molar refractivity (Wildman–Crippen MR) is 73.3 cm³/mol. The van der Waals surface area contributed by atoms with E-state index in [0.29, 0.717) is 11.1 Å². The van der Waals surface area contributed by atoms with E-state index in [2.05, 4.69) is 9.46 Å². The summed E-state index contributed by atoms with van der Waals surface area (Å²) >= 11 is 0. The Bertz CT molecular complexity index is 539. The smallest absolute Gasteiger partial charge is 0.337 e. The SMILES string of the molecule is CCC(C)NS(=O)(=O)Cc1cccc(C(=O)OC)c1. The molecule has 1 N–H and O–H groups in total. The lowest BCUT2D eigenvalue weighted by atomic mass is 10.1. The van der Waals surface area contributed by atoms with Crippen LogP contribution in [-0.2, 0) is 20.5 Å². The molecule has 0 aliphatic heterocycles. The second-order valence-electron chi connectivity index (χ2n) is 4.38. The summed E-state index contributed by atoms with van der Waals surface area (Å²) in [6.45, 7) is 3.72. The summed E-state index contributed by atoms with van der Waals surface area (Å²) in [5.41, 5.74) is 0.900. The molecular weight excluding hydrogens is 266 g/mol. The van der Waals surface area contributed by atoms with Crippen LogP contribution in [0, 0.1) is 0 Å². The van der Waals surface area contributed by atoms with E-state index in [-0.39, 0.29) is 11.8 Å². The number of sulfonamides is 1. The molecule has 0 bridgehead atoms. The molecular formula is C13H19NO4S. The van der Waals surface area contributed by atoms with Gasteiger partial charge in [0.1, 0.15) is 0 Å². The molecule has 0 spiro atoms. The van der Waals surface area contributed by atoms with Crippen molar-refractivity contribution in [1.82, 2.24) is 4.72 Å². The molecule has 0 saturated carbocycles. The minimum atomic E-state index is -3.40. The van der Waals surface area contributed by atoms with Crippen LogP contribution < -0.4 is 4.72 Å². The van der Waals surface area contributed by atoms with E-state index in [4.69, 9.17) is 0 Å². The third-order valence-electron chi connectivity index (χ3n) is 2.70. The molecule has 1 unspecified atom stereocenters. The van der Waals surface area contributed by atoms with E-state index < -0.39 is 16.0 Å². The van der Waals surface area contributed by atoms with Crippen LogP contribution in [0.4, 0.5) is 0 Å². The van der Waals surface area contributed by atoms with Gasteiger partial charge in [-0.15, -0.1) is 0 Å². The summed E-state index contributed by atoms with van der Waals surface area (Å²) in [4.78, 5) is 11.4. The Morgan fingerprint density at radius 2 is 2.11 bits per heavy atom. The van der Waals surface area contributed by atoms with Crippen LogP contribution in [-0.4, -0.2) is 27.5 Å². The molecule has 0 saturated heterocycles. The van der Waals surface area contributed by atoms with Crippen molar-refractivity contribution >= 4 is 16.0 Å². The highest BCUT2D eigenvalue weighted by molar-refractivity contribution is 7.88. The van der Waals surface area contributed by atoms with Crippen LogP contribution in [0.15, 0.2) is 24.3 Å². The van der Waals surface area contributed by atoms with Gasteiger partial charge in [0.2, 0.25) is 10.0 Å². The lowest BCUT2D eigenvalue weighted by Crippen LogP contribution is -2.33. The van der Waals surface area contributed by atoms with Gasteiger partial charge in [-0.25, -0.2) is 17.9 Å². The molecule has 0 heterocycles. The maximum absolute atomic E-state index is 11.9. The highest BCUT2D eigenvalue weighted by atomic mass is 32.2. The lowest BCUT2D eigenvalue weighted by Gasteiger charge is -2.12. The highest BCUT2D eigenvalue weighted by Crippen LogP contribution is 2.10. The second-order valence-corrected chi connectivity index (χ2v) is 6.13.